The average Bonchev–Trinajstić information content (AvgIpc) is 3.38. The second-order valence-electron chi connectivity index (χ2n) is 8.61. The van der Waals surface area contributed by atoms with Crippen molar-refractivity contribution in [2.24, 2.45) is 5.73 Å². The molecule has 4 rings (SSSR count). The fourth-order valence-corrected chi connectivity index (χ4v) is 4.43. The molecule has 0 spiro atoms. The molecule has 0 aliphatic carbocycles. The molecule has 1 aliphatic heterocycles. The minimum Gasteiger partial charge on any atom is -0.373 e. The van der Waals surface area contributed by atoms with Gasteiger partial charge in [-0.2, -0.15) is 5.26 Å². The molecule has 1 aromatic heterocycles. The number of nitriles is 1. The number of hydrazine groups is 2. The van der Waals surface area contributed by atoms with Gasteiger partial charge >= 0.3 is 0 Å². The molecular weight excluding hydrogens is 538 g/mol. The van der Waals surface area contributed by atoms with Gasteiger partial charge in [-0.05, 0) is 42.8 Å². The molecule has 200 valence electrons. The first-order chi connectivity index (χ1) is 18.8. The summed E-state index contributed by atoms with van der Waals surface area (Å²) in [6.07, 6.45) is 11.0. The topological polar surface area (TPSA) is 114 Å². The minimum atomic E-state index is -0.541. The molecule has 2 heterocycles. The van der Waals surface area contributed by atoms with Gasteiger partial charge in [0.1, 0.15) is 11.9 Å². The maximum atomic E-state index is 13.7. The van der Waals surface area contributed by atoms with Crippen molar-refractivity contribution in [2.45, 2.75) is 13.0 Å². The highest BCUT2D eigenvalue weighted by atomic mass is 35.5. The standard InChI is InChI=1S/C28H27Cl2FN8/c1-3-4-5-6-17(2)26(25-16-39(10-9-32)38-37-25)36-20-11-21-27(35-19-7-8-24(31)22(29)12-19)18(14-33)15-34-28(21)23(30)13-20/h3-8,11-13,15-16,26,36-38H,2,9-10,32H2,1H3,(H,34,35)/b4-3-,6-5-/t26-/m0/s1. The van der Waals surface area contributed by atoms with Crippen LogP contribution in [0.3, 0.4) is 0 Å². The molecule has 3 aromatic rings. The Hall–Kier alpha value is -4.07. The number of hydrogen-bond acceptors (Lipinski definition) is 8. The quantitative estimate of drug-likeness (QED) is 0.194. The Morgan fingerprint density at radius 2 is 2.05 bits per heavy atom. The molecule has 6 N–H and O–H groups in total. The summed E-state index contributed by atoms with van der Waals surface area (Å²) in [7, 11) is 0. The van der Waals surface area contributed by atoms with E-state index >= 15 is 0 Å². The maximum absolute atomic E-state index is 13.7. The van der Waals surface area contributed by atoms with Crippen LogP contribution in [-0.4, -0.2) is 29.1 Å². The van der Waals surface area contributed by atoms with Crippen LogP contribution in [0.15, 0.2) is 84.9 Å². The van der Waals surface area contributed by atoms with E-state index in [0.29, 0.717) is 46.1 Å². The van der Waals surface area contributed by atoms with E-state index in [1.165, 1.54) is 24.4 Å². The van der Waals surface area contributed by atoms with E-state index in [2.05, 4.69) is 39.2 Å². The summed E-state index contributed by atoms with van der Waals surface area (Å²) in [5.41, 5.74) is 16.0. The van der Waals surface area contributed by atoms with Crippen molar-refractivity contribution in [1.29, 1.82) is 5.26 Å². The van der Waals surface area contributed by atoms with Gasteiger partial charge in [-0.3, -0.25) is 9.99 Å². The van der Waals surface area contributed by atoms with E-state index in [4.69, 9.17) is 28.9 Å². The molecule has 0 amide bonds. The van der Waals surface area contributed by atoms with Gasteiger partial charge in [0, 0.05) is 42.2 Å². The zero-order valence-electron chi connectivity index (χ0n) is 21.1. The number of rotatable bonds is 10. The maximum Gasteiger partial charge on any atom is 0.141 e. The first kappa shape index (κ1) is 28.0. The summed E-state index contributed by atoms with van der Waals surface area (Å²) in [5.74, 6) is -0.541. The van der Waals surface area contributed by atoms with Crippen LogP contribution in [0.5, 0.6) is 0 Å². The van der Waals surface area contributed by atoms with Crippen molar-refractivity contribution < 1.29 is 4.39 Å². The Bertz CT molecular complexity index is 1530. The van der Waals surface area contributed by atoms with Gasteiger partial charge in [0.25, 0.3) is 0 Å². The average molecular weight is 565 g/mol. The highest BCUT2D eigenvalue weighted by molar-refractivity contribution is 6.36. The number of halogens is 3. The van der Waals surface area contributed by atoms with Crippen molar-refractivity contribution in [1.82, 2.24) is 21.0 Å². The predicted octanol–water partition coefficient (Wildman–Crippen LogP) is 5.89. The van der Waals surface area contributed by atoms with Gasteiger partial charge in [0.15, 0.2) is 0 Å². The van der Waals surface area contributed by atoms with Crippen LogP contribution in [0.25, 0.3) is 10.9 Å². The second-order valence-corrected chi connectivity index (χ2v) is 9.42. The third-order valence-corrected chi connectivity index (χ3v) is 6.43. The summed E-state index contributed by atoms with van der Waals surface area (Å²) < 4.78 is 13.7. The Morgan fingerprint density at radius 1 is 1.26 bits per heavy atom. The normalized spacial score (nSPS) is 13.9. The first-order valence-corrected chi connectivity index (χ1v) is 12.8. The van der Waals surface area contributed by atoms with Gasteiger partial charge in [-0.1, -0.05) is 54.1 Å². The lowest BCUT2D eigenvalue weighted by molar-refractivity contribution is 0.277. The Morgan fingerprint density at radius 3 is 2.77 bits per heavy atom. The van der Waals surface area contributed by atoms with E-state index < -0.39 is 5.82 Å². The number of allylic oxidation sites excluding steroid dienone is 3. The van der Waals surface area contributed by atoms with Gasteiger partial charge in [-0.25, -0.2) is 4.39 Å². The highest BCUT2D eigenvalue weighted by Gasteiger charge is 2.23. The lowest BCUT2D eigenvalue weighted by Gasteiger charge is -2.22. The molecule has 11 heteroatoms. The SMILES string of the molecule is C=C(/C=C\C=C/C)[C@H](Nc1cc(Cl)c2ncc(C#N)c(Nc3ccc(F)c(Cl)c3)c2c1)C1=CN(CCN)NN1. The Labute approximate surface area is 236 Å². The molecule has 39 heavy (non-hydrogen) atoms. The van der Waals surface area contributed by atoms with Crippen LogP contribution in [0, 0.1) is 17.1 Å². The van der Waals surface area contributed by atoms with Crippen molar-refractivity contribution in [3.63, 3.8) is 0 Å². The molecule has 0 bridgehead atoms. The molecule has 0 fully saturated rings. The lowest BCUT2D eigenvalue weighted by atomic mass is 10.0. The van der Waals surface area contributed by atoms with Gasteiger partial charge < -0.3 is 21.8 Å². The molecule has 1 atom stereocenters. The van der Waals surface area contributed by atoms with Crippen LogP contribution in [-0.2, 0) is 0 Å². The van der Waals surface area contributed by atoms with Crippen molar-refractivity contribution in [3.05, 3.63) is 106 Å². The molecule has 1 aliphatic rings. The van der Waals surface area contributed by atoms with E-state index in [-0.39, 0.29) is 16.6 Å². The summed E-state index contributed by atoms with van der Waals surface area (Å²) in [4.78, 5) is 4.40. The number of aromatic nitrogens is 1. The number of anilines is 3. The monoisotopic (exact) mass is 564 g/mol. The number of nitrogens with two attached hydrogens (primary N) is 1. The van der Waals surface area contributed by atoms with Crippen LogP contribution < -0.4 is 27.3 Å². The molecule has 0 radical (unpaired) electrons. The van der Waals surface area contributed by atoms with E-state index in [9.17, 15) is 9.65 Å². The van der Waals surface area contributed by atoms with Crippen molar-refractivity contribution in [2.75, 3.05) is 23.7 Å². The smallest absolute Gasteiger partial charge is 0.141 e. The van der Waals surface area contributed by atoms with Crippen LogP contribution in [0.4, 0.5) is 21.5 Å². The van der Waals surface area contributed by atoms with Crippen molar-refractivity contribution >= 4 is 51.2 Å². The zero-order chi connectivity index (χ0) is 27.9. The summed E-state index contributed by atoms with van der Waals surface area (Å²) in [6.45, 7) is 7.28. The van der Waals surface area contributed by atoms with Crippen molar-refractivity contribution in [3.8, 4) is 6.07 Å². The number of hydrogen-bond donors (Lipinski definition) is 5. The Balaban J connectivity index is 1.77. The van der Waals surface area contributed by atoms with E-state index in [1.54, 1.807) is 6.07 Å². The van der Waals surface area contributed by atoms with Crippen LogP contribution >= 0.6 is 23.2 Å². The molecule has 0 saturated carbocycles. The van der Waals surface area contributed by atoms with E-state index in [1.807, 2.05) is 48.5 Å². The molecular formula is C28H27Cl2FN8. The first-order valence-electron chi connectivity index (χ1n) is 12.0. The largest absolute Gasteiger partial charge is 0.373 e. The third kappa shape index (κ3) is 6.50. The minimum absolute atomic E-state index is 0.0424. The number of nitrogens with one attached hydrogen (secondary N) is 4. The Kier molecular flexibility index (Phi) is 9.07. The predicted molar refractivity (Wildman–Crippen MR) is 157 cm³/mol. The summed E-state index contributed by atoms with van der Waals surface area (Å²) >= 11 is 12.7. The molecule has 0 saturated heterocycles. The fraction of sp³-hybridized carbons (Fsp3) is 0.143. The van der Waals surface area contributed by atoms with Gasteiger partial charge in [-0.15, -0.1) is 5.53 Å². The zero-order valence-corrected chi connectivity index (χ0v) is 22.6. The number of pyridine rings is 1. The summed E-state index contributed by atoms with van der Waals surface area (Å²) in [6, 6.07) is 9.63. The van der Waals surface area contributed by atoms with Gasteiger partial charge in [0.2, 0.25) is 0 Å². The summed E-state index contributed by atoms with van der Waals surface area (Å²) in [5, 5.41) is 19.3. The van der Waals surface area contributed by atoms with Crippen LogP contribution in [0.2, 0.25) is 10.0 Å². The number of fused-ring (bicyclic) bond motifs is 1. The van der Waals surface area contributed by atoms with E-state index in [0.717, 1.165) is 11.3 Å². The fourth-order valence-electron chi connectivity index (χ4n) is 3.98. The number of nitrogens with zero attached hydrogens (tertiary/aromatic N) is 3. The number of benzene rings is 2. The highest BCUT2D eigenvalue weighted by Crippen LogP contribution is 2.36. The van der Waals surface area contributed by atoms with Gasteiger partial charge in [0.05, 0.1) is 38.6 Å². The molecule has 8 nitrogen and oxygen atoms in total. The van der Waals surface area contributed by atoms with Crippen LogP contribution in [0.1, 0.15) is 12.5 Å². The molecule has 2 aromatic carbocycles. The molecule has 0 unspecified atom stereocenters. The lowest BCUT2D eigenvalue weighted by Crippen LogP contribution is -2.41. The third-order valence-electron chi connectivity index (χ3n) is 5.85. The second kappa shape index (κ2) is 12.7.